The molecule has 1 amide bonds. The zero-order chi connectivity index (χ0) is 24.1. The number of para-hydroxylation sites is 1. The van der Waals surface area contributed by atoms with Gasteiger partial charge in [0.2, 0.25) is 0 Å². The van der Waals surface area contributed by atoms with Crippen molar-refractivity contribution < 1.29 is 13.9 Å². The number of fused-ring (bicyclic) bond motifs is 2. The molecule has 10 nitrogen and oxygen atoms in total. The monoisotopic (exact) mass is 482 g/mol. The first kappa shape index (κ1) is 23.7. The van der Waals surface area contributed by atoms with Crippen molar-refractivity contribution >= 4 is 45.5 Å². The molecule has 0 fully saturated rings. The van der Waals surface area contributed by atoms with E-state index < -0.39 is 5.91 Å². The van der Waals surface area contributed by atoms with Gasteiger partial charge in [0, 0.05) is 31.5 Å². The quantitative estimate of drug-likeness (QED) is 0.199. The number of methoxy groups -OCH3 is 1. The third-order valence-corrected chi connectivity index (χ3v) is 5.75. The highest BCUT2D eigenvalue weighted by Gasteiger charge is 2.16. The lowest BCUT2D eigenvalue weighted by atomic mass is 10.2. The Hall–Kier alpha value is -3.44. The van der Waals surface area contributed by atoms with E-state index in [0.717, 1.165) is 5.39 Å². The van der Waals surface area contributed by atoms with E-state index in [0.29, 0.717) is 52.5 Å². The zero-order valence-corrected chi connectivity index (χ0v) is 20.0. The van der Waals surface area contributed by atoms with E-state index in [1.807, 2.05) is 0 Å². The summed E-state index contributed by atoms with van der Waals surface area (Å²) >= 11 is 1.56. The van der Waals surface area contributed by atoms with Gasteiger partial charge in [0.1, 0.15) is 11.4 Å². The van der Waals surface area contributed by atoms with Crippen LogP contribution in [0.1, 0.15) is 24.4 Å². The minimum absolute atomic E-state index is 0.0309. The maximum atomic E-state index is 12.6. The lowest BCUT2D eigenvalue weighted by Crippen LogP contribution is -2.28. The van der Waals surface area contributed by atoms with Gasteiger partial charge in [0.05, 0.1) is 30.1 Å². The summed E-state index contributed by atoms with van der Waals surface area (Å²) in [5, 5.41) is 12.7. The first-order valence-corrected chi connectivity index (χ1v) is 11.8. The van der Waals surface area contributed by atoms with E-state index in [4.69, 9.17) is 9.15 Å². The minimum Gasteiger partial charge on any atom is -0.451 e. The van der Waals surface area contributed by atoms with E-state index in [2.05, 4.69) is 39.5 Å². The third-order valence-electron chi connectivity index (χ3n) is 4.88. The van der Waals surface area contributed by atoms with E-state index in [1.165, 1.54) is 6.07 Å². The molecule has 0 aliphatic rings. The maximum absolute atomic E-state index is 12.6. The second kappa shape index (κ2) is 10.7. The number of nitrogens with one attached hydrogen (secondary N) is 2. The summed E-state index contributed by atoms with van der Waals surface area (Å²) in [4.78, 5) is 34.1. The Morgan fingerprint density at radius 2 is 2.03 bits per heavy atom. The Bertz CT molecular complexity index is 1370. The van der Waals surface area contributed by atoms with Gasteiger partial charge in [-0.1, -0.05) is 37.7 Å². The molecule has 4 aromatic rings. The number of rotatable bonds is 10. The Balaban J connectivity index is 1.50. The van der Waals surface area contributed by atoms with Crippen molar-refractivity contribution in [1.82, 2.24) is 25.1 Å². The molecule has 0 aliphatic carbocycles. The second-order valence-corrected chi connectivity index (χ2v) is 9.32. The topological polar surface area (TPSA) is 124 Å². The molecule has 34 heavy (non-hydrogen) atoms. The standard InChI is InChI=1S/C23H26N6O4S/c1-14(2)34-23-27-20(24-9-11-32-3)16-13-26-29(21(16)28-23)10-8-25-22(31)19-12-17(30)15-6-4-5-7-18(15)33-19/h4-7,12-14H,8-11H2,1-3H3,(H,25,31)(H,24,27,28). The number of anilines is 1. The summed E-state index contributed by atoms with van der Waals surface area (Å²) in [6, 6.07) is 8.04. The fraction of sp³-hybridized carbons (Fsp3) is 0.348. The average Bonchev–Trinajstić information content (AvgIpc) is 3.21. The number of thioether (sulfide) groups is 1. The first-order chi connectivity index (χ1) is 16.5. The highest BCUT2D eigenvalue weighted by Crippen LogP contribution is 2.26. The number of ether oxygens (including phenoxy) is 1. The van der Waals surface area contributed by atoms with Gasteiger partial charge in [0.15, 0.2) is 22.0 Å². The number of carbonyl (C=O) groups excluding carboxylic acids is 1. The molecule has 11 heteroatoms. The number of aromatic nitrogens is 4. The minimum atomic E-state index is -0.466. The van der Waals surface area contributed by atoms with Crippen LogP contribution in [-0.2, 0) is 11.3 Å². The molecule has 3 aromatic heterocycles. The number of nitrogens with zero attached hydrogens (tertiary/aromatic N) is 4. The van der Waals surface area contributed by atoms with Crippen LogP contribution < -0.4 is 16.1 Å². The van der Waals surface area contributed by atoms with Crippen LogP contribution in [0.25, 0.3) is 22.0 Å². The number of amides is 1. The average molecular weight is 483 g/mol. The van der Waals surface area contributed by atoms with Gasteiger partial charge in [-0.3, -0.25) is 9.59 Å². The van der Waals surface area contributed by atoms with Gasteiger partial charge in [-0.2, -0.15) is 5.10 Å². The smallest absolute Gasteiger partial charge is 0.287 e. The number of hydrogen-bond donors (Lipinski definition) is 2. The van der Waals surface area contributed by atoms with Gasteiger partial charge in [-0.15, -0.1) is 0 Å². The van der Waals surface area contributed by atoms with Crippen LogP contribution in [-0.4, -0.2) is 57.7 Å². The molecule has 4 rings (SSSR count). The van der Waals surface area contributed by atoms with Crippen molar-refractivity contribution in [3.05, 3.63) is 52.5 Å². The first-order valence-electron chi connectivity index (χ1n) is 10.9. The number of benzene rings is 1. The van der Waals surface area contributed by atoms with E-state index in [9.17, 15) is 9.59 Å². The van der Waals surface area contributed by atoms with Crippen LogP contribution in [0.5, 0.6) is 0 Å². The molecular formula is C23H26N6O4S. The van der Waals surface area contributed by atoms with Crippen molar-refractivity contribution in [2.45, 2.75) is 30.8 Å². The summed E-state index contributed by atoms with van der Waals surface area (Å²) < 4.78 is 12.4. The van der Waals surface area contributed by atoms with Crippen LogP contribution in [0.3, 0.4) is 0 Å². The lowest BCUT2D eigenvalue weighted by molar-refractivity contribution is 0.0925. The van der Waals surface area contributed by atoms with Gasteiger partial charge in [-0.05, 0) is 12.1 Å². The summed E-state index contributed by atoms with van der Waals surface area (Å²) in [5.41, 5.74) is 0.786. The molecule has 0 spiro atoms. The zero-order valence-electron chi connectivity index (χ0n) is 19.2. The Labute approximate surface area is 200 Å². The van der Waals surface area contributed by atoms with E-state index in [-0.39, 0.29) is 17.7 Å². The van der Waals surface area contributed by atoms with Crippen molar-refractivity contribution in [2.75, 3.05) is 32.1 Å². The Morgan fingerprint density at radius 3 is 2.82 bits per heavy atom. The van der Waals surface area contributed by atoms with Gasteiger partial charge < -0.3 is 19.8 Å². The van der Waals surface area contributed by atoms with Crippen LogP contribution in [0.2, 0.25) is 0 Å². The fourth-order valence-electron chi connectivity index (χ4n) is 3.35. The molecule has 0 radical (unpaired) electrons. The van der Waals surface area contributed by atoms with Crippen LogP contribution in [0.4, 0.5) is 5.82 Å². The van der Waals surface area contributed by atoms with Crippen LogP contribution in [0, 0.1) is 0 Å². The molecule has 0 unspecified atom stereocenters. The predicted octanol–water partition coefficient (Wildman–Crippen LogP) is 2.92. The molecule has 2 N–H and O–H groups in total. The highest BCUT2D eigenvalue weighted by molar-refractivity contribution is 7.99. The van der Waals surface area contributed by atoms with Crippen molar-refractivity contribution in [2.24, 2.45) is 0 Å². The summed E-state index contributed by atoms with van der Waals surface area (Å²) in [6.45, 7) is 5.96. The molecule has 0 saturated carbocycles. The predicted molar refractivity (Wildman–Crippen MR) is 131 cm³/mol. The maximum Gasteiger partial charge on any atom is 0.287 e. The van der Waals surface area contributed by atoms with Crippen LogP contribution >= 0.6 is 11.8 Å². The molecule has 178 valence electrons. The van der Waals surface area contributed by atoms with Gasteiger partial charge in [-0.25, -0.2) is 14.6 Å². The van der Waals surface area contributed by atoms with Crippen molar-refractivity contribution in [3.8, 4) is 0 Å². The summed E-state index contributed by atoms with van der Waals surface area (Å²) in [7, 11) is 1.65. The molecule has 0 saturated heterocycles. The fourth-order valence-corrected chi connectivity index (χ4v) is 4.05. The number of hydrogen-bond acceptors (Lipinski definition) is 9. The largest absolute Gasteiger partial charge is 0.451 e. The molecule has 0 atom stereocenters. The molecule has 0 bridgehead atoms. The second-order valence-electron chi connectivity index (χ2n) is 7.77. The molecule has 0 aliphatic heterocycles. The molecular weight excluding hydrogens is 456 g/mol. The molecule has 1 aromatic carbocycles. The Kier molecular flexibility index (Phi) is 7.43. The summed E-state index contributed by atoms with van der Waals surface area (Å²) in [6.07, 6.45) is 1.71. The van der Waals surface area contributed by atoms with E-state index in [1.54, 1.807) is 54.0 Å². The Morgan fingerprint density at radius 1 is 1.21 bits per heavy atom. The van der Waals surface area contributed by atoms with Crippen molar-refractivity contribution in [3.63, 3.8) is 0 Å². The van der Waals surface area contributed by atoms with E-state index >= 15 is 0 Å². The highest BCUT2D eigenvalue weighted by atomic mass is 32.2. The SMILES string of the molecule is COCCNc1nc(SC(C)C)nc2c1cnn2CCNC(=O)c1cc(=O)c2ccccc2o1. The normalized spacial score (nSPS) is 11.4. The number of carbonyl (C=O) groups is 1. The third kappa shape index (κ3) is 5.37. The molecule has 3 heterocycles. The van der Waals surface area contributed by atoms with Crippen molar-refractivity contribution in [1.29, 1.82) is 0 Å². The van der Waals surface area contributed by atoms with Gasteiger partial charge >= 0.3 is 0 Å². The van der Waals surface area contributed by atoms with Crippen LogP contribution in [0.15, 0.2) is 50.9 Å². The lowest BCUT2D eigenvalue weighted by Gasteiger charge is -2.10. The van der Waals surface area contributed by atoms with Gasteiger partial charge in [0.25, 0.3) is 5.91 Å². The summed E-state index contributed by atoms with van der Waals surface area (Å²) in [5.74, 6) is 0.196.